The Bertz CT molecular complexity index is 1540. The third kappa shape index (κ3) is 60.9. The van der Waals surface area contributed by atoms with Crippen molar-refractivity contribution in [3.8, 4) is 0 Å². The minimum atomic E-state index is -0.792. The first kappa shape index (κ1) is 72.1. The molecule has 1 atom stereocenters. The summed E-state index contributed by atoms with van der Waals surface area (Å²) >= 11 is 0. The molecule has 0 rings (SSSR count). The first-order valence-electron chi connectivity index (χ1n) is 31.9. The van der Waals surface area contributed by atoms with Gasteiger partial charge in [0.1, 0.15) is 13.2 Å². The van der Waals surface area contributed by atoms with Gasteiger partial charge in [0.2, 0.25) is 0 Å². The number of ether oxygens (including phenoxy) is 3. The number of carbonyl (C=O) groups is 3. The second-order valence-electron chi connectivity index (χ2n) is 20.9. The average molecular weight is 1060 g/mol. The molecule has 0 bridgehead atoms. The maximum atomic E-state index is 12.9. The second-order valence-corrected chi connectivity index (χ2v) is 20.9. The van der Waals surface area contributed by atoms with E-state index in [1.54, 1.807) is 0 Å². The number of rotatable bonds is 57. The van der Waals surface area contributed by atoms with E-state index in [0.717, 1.165) is 128 Å². The molecule has 6 nitrogen and oxygen atoms in total. The van der Waals surface area contributed by atoms with Crippen molar-refractivity contribution in [2.75, 3.05) is 13.2 Å². The number of hydrogen-bond donors (Lipinski definition) is 0. The summed E-state index contributed by atoms with van der Waals surface area (Å²) < 4.78 is 16.9. The molecular weight excluding hydrogens is 937 g/mol. The van der Waals surface area contributed by atoms with Crippen LogP contribution in [-0.2, 0) is 28.6 Å². The van der Waals surface area contributed by atoms with Gasteiger partial charge in [-0.15, -0.1) is 0 Å². The Morgan fingerprint density at radius 1 is 0.276 bits per heavy atom. The van der Waals surface area contributed by atoms with E-state index in [1.807, 2.05) is 0 Å². The quantitative estimate of drug-likeness (QED) is 0.0261. The number of esters is 3. The molecule has 1 unspecified atom stereocenters. The molecule has 0 heterocycles. The first-order valence-corrected chi connectivity index (χ1v) is 31.9. The van der Waals surface area contributed by atoms with Gasteiger partial charge < -0.3 is 14.2 Å². The molecule has 0 N–H and O–H groups in total. The summed E-state index contributed by atoms with van der Waals surface area (Å²) in [5.41, 5.74) is 0. The largest absolute Gasteiger partial charge is 0.462 e. The van der Waals surface area contributed by atoms with Gasteiger partial charge in [-0.05, 0) is 128 Å². The van der Waals surface area contributed by atoms with Crippen molar-refractivity contribution in [3.63, 3.8) is 0 Å². The van der Waals surface area contributed by atoms with Gasteiger partial charge in [-0.3, -0.25) is 14.4 Å². The topological polar surface area (TPSA) is 78.9 Å². The summed E-state index contributed by atoms with van der Waals surface area (Å²) in [7, 11) is 0. The normalized spacial score (nSPS) is 12.8. The third-order valence-corrected chi connectivity index (χ3v) is 13.5. The molecule has 0 aromatic heterocycles. The lowest BCUT2D eigenvalue weighted by Crippen LogP contribution is -2.30. The van der Waals surface area contributed by atoms with E-state index < -0.39 is 6.10 Å². The standard InChI is InChI=1S/C70H118O6/c1-4-7-10-13-16-19-22-25-27-29-30-31-32-33-34-35-36-37-38-39-40-41-43-45-48-51-54-57-60-63-69(72)75-66-67(65-74-68(71)62-59-56-53-50-47-44-24-21-18-15-12-9-6-3)76-70(73)64-61-58-55-52-49-46-42-28-26-23-20-17-14-11-8-5-2/h7,10,16,19,21,24-25,27-28,30-31,33-34,36-37,39-40,42,67H,4-6,8-9,11-15,17-18,20,22-23,26,29,32,35,38,41,43-66H2,1-3H3/b10-7-,19-16-,24-21-,27-25-,31-30-,34-33-,37-36-,40-39-,42-28-. The second kappa shape index (κ2) is 63.6. The fraction of sp³-hybridized carbons (Fsp3) is 0.700. The zero-order valence-corrected chi connectivity index (χ0v) is 49.7. The van der Waals surface area contributed by atoms with Crippen molar-refractivity contribution in [2.24, 2.45) is 0 Å². The van der Waals surface area contributed by atoms with E-state index in [9.17, 15) is 14.4 Å². The van der Waals surface area contributed by atoms with Crippen LogP contribution in [0, 0.1) is 0 Å². The van der Waals surface area contributed by atoms with Gasteiger partial charge in [0.25, 0.3) is 0 Å². The first-order chi connectivity index (χ1) is 37.5. The van der Waals surface area contributed by atoms with E-state index >= 15 is 0 Å². The fourth-order valence-electron chi connectivity index (χ4n) is 8.71. The van der Waals surface area contributed by atoms with E-state index in [4.69, 9.17) is 14.2 Å². The monoisotopic (exact) mass is 1050 g/mol. The Morgan fingerprint density at radius 2 is 0.513 bits per heavy atom. The highest BCUT2D eigenvalue weighted by Crippen LogP contribution is 2.15. The summed E-state index contributed by atoms with van der Waals surface area (Å²) in [6, 6.07) is 0. The maximum absolute atomic E-state index is 12.9. The molecule has 76 heavy (non-hydrogen) atoms. The molecule has 0 radical (unpaired) electrons. The number of unbranched alkanes of at least 4 members (excludes halogenated alkanes) is 28. The molecule has 434 valence electrons. The summed E-state index contributed by atoms with van der Waals surface area (Å²) in [5, 5.41) is 0. The highest BCUT2D eigenvalue weighted by atomic mass is 16.6. The van der Waals surface area contributed by atoms with Crippen LogP contribution in [0.25, 0.3) is 0 Å². The Labute approximate surface area is 470 Å². The van der Waals surface area contributed by atoms with E-state index in [2.05, 4.69) is 130 Å². The third-order valence-electron chi connectivity index (χ3n) is 13.5. The average Bonchev–Trinajstić information content (AvgIpc) is 3.42. The molecule has 0 spiro atoms. The van der Waals surface area contributed by atoms with Crippen LogP contribution in [0.1, 0.15) is 297 Å². The van der Waals surface area contributed by atoms with Crippen LogP contribution in [0.4, 0.5) is 0 Å². The van der Waals surface area contributed by atoms with Crippen LogP contribution in [0.3, 0.4) is 0 Å². The van der Waals surface area contributed by atoms with Crippen LogP contribution in [0.15, 0.2) is 109 Å². The van der Waals surface area contributed by atoms with Crippen molar-refractivity contribution < 1.29 is 28.6 Å². The van der Waals surface area contributed by atoms with Gasteiger partial charge in [-0.1, -0.05) is 259 Å². The van der Waals surface area contributed by atoms with Gasteiger partial charge in [-0.2, -0.15) is 0 Å². The minimum absolute atomic E-state index is 0.0889. The van der Waals surface area contributed by atoms with Crippen LogP contribution in [0.5, 0.6) is 0 Å². The zero-order valence-electron chi connectivity index (χ0n) is 49.7. The lowest BCUT2D eigenvalue weighted by Gasteiger charge is -2.18. The van der Waals surface area contributed by atoms with E-state index in [1.165, 1.54) is 128 Å². The Balaban J connectivity index is 4.33. The van der Waals surface area contributed by atoms with Crippen molar-refractivity contribution in [1.29, 1.82) is 0 Å². The van der Waals surface area contributed by atoms with Crippen molar-refractivity contribution >= 4 is 17.9 Å². The van der Waals surface area contributed by atoms with Gasteiger partial charge in [-0.25, -0.2) is 0 Å². The molecular formula is C70H118O6. The predicted octanol–water partition coefficient (Wildman–Crippen LogP) is 21.8. The van der Waals surface area contributed by atoms with Gasteiger partial charge >= 0.3 is 17.9 Å². The van der Waals surface area contributed by atoms with Gasteiger partial charge in [0, 0.05) is 19.3 Å². The van der Waals surface area contributed by atoms with Crippen LogP contribution < -0.4 is 0 Å². The van der Waals surface area contributed by atoms with Crippen LogP contribution in [-0.4, -0.2) is 37.2 Å². The van der Waals surface area contributed by atoms with Crippen molar-refractivity contribution in [3.05, 3.63) is 109 Å². The van der Waals surface area contributed by atoms with Crippen molar-refractivity contribution in [2.45, 2.75) is 303 Å². The Kier molecular flexibility index (Phi) is 60.3. The fourth-order valence-corrected chi connectivity index (χ4v) is 8.71. The highest BCUT2D eigenvalue weighted by molar-refractivity contribution is 5.71. The predicted molar refractivity (Wildman–Crippen MR) is 330 cm³/mol. The van der Waals surface area contributed by atoms with Crippen LogP contribution in [0.2, 0.25) is 0 Å². The molecule has 0 amide bonds. The molecule has 0 aliphatic carbocycles. The molecule has 0 aliphatic heterocycles. The van der Waals surface area contributed by atoms with Crippen molar-refractivity contribution in [1.82, 2.24) is 0 Å². The maximum Gasteiger partial charge on any atom is 0.306 e. The number of allylic oxidation sites excluding steroid dienone is 18. The molecule has 0 aromatic rings. The lowest BCUT2D eigenvalue weighted by atomic mass is 10.1. The highest BCUT2D eigenvalue weighted by Gasteiger charge is 2.19. The number of hydrogen-bond acceptors (Lipinski definition) is 6. The van der Waals surface area contributed by atoms with E-state index in [0.29, 0.717) is 19.3 Å². The summed E-state index contributed by atoms with van der Waals surface area (Å²) in [6.07, 6.45) is 86.6. The molecule has 6 heteroatoms. The lowest BCUT2D eigenvalue weighted by molar-refractivity contribution is -0.167. The minimum Gasteiger partial charge on any atom is -0.462 e. The molecule has 0 aliphatic rings. The summed E-state index contributed by atoms with van der Waals surface area (Å²) in [4.78, 5) is 38.3. The van der Waals surface area contributed by atoms with Gasteiger partial charge in [0.15, 0.2) is 6.10 Å². The smallest absolute Gasteiger partial charge is 0.306 e. The molecule has 0 saturated heterocycles. The zero-order chi connectivity index (χ0) is 55.0. The van der Waals surface area contributed by atoms with E-state index in [-0.39, 0.29) is 31.1 Å². The summed E-state index contributed by atoms with van der Waals surface area (Å²) in [5.74, 6) is -0.911. The molecule has 0 saturated carbocycles. The number of carbonyl (C=O) groups excluding carboxylic acids is 3. The van der Waals surface area contributed by atoms with Gasteiger partial charge in [0.05, 0.1) is 0 Å². The molecule has 0 fully saturated rings. The Morgan fingerprint density at radius 3 is 0.829 bits per heavy atom. The summed E-state index contributed by atoms with van der Waals surface area (Å²) in [6.45, 7) is 6.50. The molecule has 0 aromatic carbocycles. The SMILES string of the molecule is CC/C=C\C/C=C\C/C=C\C/C=C\C/C=C\C/C=C\C/C=C\CCCCCCCCCC(=O)OCC(COC(=O)CCCCCCC/C=C\CCCCCC)OC(=O)CCCCCCC/C=C\CCCCCCCCC. The Hall–Kier alpha value is -3.93. The van der Waals surface area contributed by atoms with Crippen LogP contribution >= 0.6 is 0 Å².